The molecule has 3 rings (SSSR count). The Kier molecular flexibility index (Phi) is 3.30. The van der Waals surface area contributed by atoms with E-state index in [0.29, 0.717) is 5.56 Å². The summed E-state index contributed by atoms with van der Waals surface area (Å²) in [5, 5.41) is 10.8. The molecule has 20 heavy (non-hydrogen) atoms. The van der Waals surface area contributed by atoms with E-state index in [2.05, 4.69) is 11.8 Å². The van der Waals surface area contributed by atoms with Crippen LogP contribution in [0.5, 0.6) is 0 Å². The SMILES string of the molecule is CCN1CCC(N2C(=O)c3ccccc3C2(C)O)CC1. The molecule has 1 saturated heterocycles. The van der Waals surface area contributed by atoms with Gasteiger partial charge in [0.15, 0.2) is 5.72 Å². The lowest BCUT2D eigenvalue weighted by Gasteiger charge is -2.41. The van der Waals surface area contributed by atoms with Gasteiger partial charge in [0.25, 0.3) is 5.91 Å². The van der Waals surface area contributed by atoms with Crippen LogP contribution in [0.4, 0.5) is 0 Å². The Hall–Kier alpha value is -1.39. The van der Waals surface area contributed by atoms with Gasteiger partial charge in [-0.1, -0.05) is 25.1 Å². The Balaban J connectivity index is 1.87. The van der Waals surface area contributed by atoms with Gasteiger partial charge in [0, 0.05) is 30.3 Å². The van der Waals surface area contributed by atoms with E-state index in [0.717, 1.165) is 38.0 Å². The quantitative estimate of drug-likeness (QED) is 0.894. The van der Waals surface area contributed by atoms with Gasteiger partial charge in [0.2, 0.25) is 0 Å². The summed E-state index contributed by atoms with van der Waals surface area (Å²) in [4.78, 5) is 16.7. The third kappa shape index (κ3) is 1.95. The predicted octanol–water partition coefficient (Wildman–Crippen LogP) is 1.79. The first-order valence-corrected chi connectivity index (χ1v) is 7.43. The smallest absolute Gasteiger partial charge is 0.257 e. The summed E-state index contributed by atoms with van der Waals surface area (Å²) in [6.45, 7) is 6.95. The van der Waals surface area contributed by atoms with Crippen LogP contribution < -0.4 is 0 Å². The minimum atomic E-state index is -1.17. The van der Waals surface area contributed by atoms with Gasteiger partial charge >= 0.3 is 0 Å². The van der Waals surface area contributed by atoms with Gasteiger partial charge in [-0.15, -0.1) is 0 Å². The molecule has 1 aromatic rings. The number of amides is 1. The molecule has 0 radical (unpaired) electrons. The van der Waals surface area contributed by atoms with Crippen molar-refractivity contribution in [3.63, 3.8) is 0 Å². The molecule has 2 aliphatic rings. The van der Waals surface area contributed by atoms with E-state index < -0.39 is 5.72 Å². The van der Waals surface area contributed by atoms with Gasteiger partial charge < -0.3 is 14.9 Å². The Labute approximate surface area is 120 Å². The van der Waals surface area contributed by atoms with Crippen LogP contribution in [0.2, 0.25) is 0 Å². The Morgan fingerprint density at radius 3 is 2.55 bits per heavy atom. The van der Waals surface area contributed by atoms with Gasteiger partial charge in [0.05, 0.1) is 0 Å². The molecule has 0 bridgehead atoms. The zero-order valence-corrected chi connectivity index (χ0v) is 12.2. The van der Waals surface area contributed by atoms with Crippen molar-refractivity contribution in [1.82, 2.24) is 9.80 Å². The van der Waals surface area contributed by atoms with Crippen LogP contribution in [0.15, 0.2) is 24.3 Å². The highest BCUT2D eigenvalue weighted by atomic mass is 16.3. The number of carbonyl (C=O) groups excluding carboxylic acids is 1. The zero-order chi connectivity index (χ0) is 14.3. The summed E-state index contributed by atoms with van der Waals surface area (Å²) < 4.78 is 0. The highest BCUT2D eigenvalue weighted by Crippen LogP contribution is 2.40. The monoisotopic (exact) mass is 274 g/mol. The fraction of sp³-hybridized carbons (Fsp3) is 0.562. The topological polar surface area (TPSA) is 43.8 Å². The number of fused-ring (bicyclic) bond motifs is 1. The molecule has 1 amide bonds. The standard InChI is InChI=1S/C16H22N2O2/c1-3-17-10-8-12(9-11-17)18-15(19)13-6-4-5-7-14(13)16(18,2)20/h4-7,12,20H,3,8-11H2,1-2H3. The van der Waals surface area contributed by atoms with Crippen molar-refractivity contribution in [1.29, 1.82) is 0 Å². The fourth-order valence-corrected chi connectivity index (χ4v) is 3.55. The van der Waals surface area contributed by atoms with Crippen LogP contribution in [-0.4, -0.2) is 46.5 Å². The third-order valence-electron chi connectivity index (χ3n) is 4.73. The van der Waals surface area contributed by atoms with Crippen molar-refractivity contribution in [3.8, 4) is 0 Å². The van der Waals surface area contributed by atoms with E-state index in [1.54, 1.807) is 11.8 Å². The van der Waals surface area contributed by atoms with Crippen LogP contribution in [0, 0.1) is 0 Å². The van der Waals surface area contributed by atoms with Crippen molar-refractivity contribution in [2.75, 3.05) is 19.6 Å². The summed E-state index contributed by atoms with van der Waals surface area (Å²) in [5.41, 5.74) is 0.213. The minimum absolute atomic E-state index is 0.0273. The summed E-state index contributed by atoms with van der Waals surface area (Å²) in [6, 6.07) is 7.54. The molecule has 1 unspecified atom stereocenters. The second-order valence-corrected chi connectivity index (χ2v) is 5.91. The summed E-state index contributed by atoms with van der Waals surface area (Å²) in [5.74, 6) is -0.0273. The number of hydrogen-bond donors (Lipinski definition) is 1. The van der Waals surface area contributed by atoms with Crippen LogP contribution in [-0.2, 0) is 5.72 Å². The molecule has 0 spiro atoms. The number of benzene rings is 1. The number of likely N-dealkylation sites (tertiary alicyclic amines) is 1. The molecule has 0 aromatic heterocycles. The van der Waals surface area contributed by atoms with E-state index in [-0.39, 0.29) is 11.9 Å². The lowest BCUT2D eigenvalue weighted by molar-refractivity contribution is -0.0958. The molecule has 1 atom stereocenters. The third-order valence-corrected chi connectivity index (χ3v) is 4.73. The first kappa shape index (κ1) is 13.6. The maximum Gasteiger partial charge on any atom is 0.257 e. The number of rotatable bonds is 2. The maximum absolute atomic E-state index is 12.6. The zero-order valence-electron chi connectivity index (χ0n) is 12.2. The van der Waals surface area contributed by atoms with Gasteiger partial charge in [-0.2, -0.15) is 0 Å². The summed E-state index contributed by atoms with van der Waals surface area (Å²) in [7, 11) is 0. The predicted molar refractivity (Wildman–Crippen MR) is 77.3 cm³/mol. The second-order valence-electron chi connectivity index (χ2n) is 5.91. The molecule has 1 aromatic carbocycles. The highest BCUT2D eigenvalue weighted by Gasteiger charge is 2.48. The molecule has 4 heteroatoms. The summed E-state index contributed by atoms with van der Waals surface area (Å²) in [6.07, 6.45) is 1.87. The van der Waals surface area contributed by atoms with Crippen LogP contribution >= 0.6 is 0 Å². The average molecular weight is 274 g/mol. The molecule has 0 aliphatic carbocycles. The Morgan fingerprint density at radius 2 is 1.95 bits per heavy atom. The number of aliphatic hydroxyl groups is 1. The molecular formula is C16H22N2O2. The molecule has 4 nitrogen and oxygen atoms in total. The summed E-state index contributed by atoms with van der Waals surface area (Å²) >= 11 is 0. The van der Waals surface area contributed by atoms with Crippen molar-refractivity contribution in [2.45, 2.75) is 38.5 Å². The molecule has 1 fully saturated rings. The maximum atomic E-state index is 12.6. The van der Waals surface area contributed by atoms with Crippen molar-refractivity contribution in [3.05, 3.63) is 35.4 Å². The number of nitrogens with zero attached hydrogens (tertiary/aromatic N) is 2. The van der Waals surface area contributed by atoms with E-state index >= 15 is 0 Å². The van der Waals surface area contributed by atoms with Crippen LogP contribution in [0.25, 0.3) is 0 Å². The number of carbonyl (C=O) groups is 1. The number of piperidine rings is 1. The normalized spacial score (nSPS) is 27.9. The van der Waals surface area contributed by atoms with Crippen LogP contribution in [0.3, 0.4) is 0 Å². The first-order valence-electron chi connectivity index (χ1n) is 7.43. The Morgan fingerprint density at radius 1 is 1.30 bits per heavy atom. The van der Waals surface area contributed by atoms with E-state index in [9.17, 15) is 9.90 Å². The number of hydrogen-bond acceptors (Lipinski definition) is 3. The highest BCUT2D eigenvalue weighted by molar-refractivity contribution is 5.99. The van der Waals surface area contributed by atoms with Crippen molar-refractivity contribution < 1.29 is 9.90 Å². The van der Waals surface area contributed by atoms with Gasteiger partial charge in [-0.3, -0.25) is 4.79 Å². The van der Waals surface area contributed by atoms with E-state index in [1.807, 2.05) is 24.3 Å². The minimum Gasteiger partial charge on any atom is -0.367 e. The molecule has 2 aliphatic heterocycles. The lowest BCUT2D eigenvalue weighted by atomic mass is 9.99. The van der Waals surface area contributed by atoms with Gasteiger partial charge in [-0.25, -0.2) is 0 Å². The van der Waals surface area contributed by atoms with Crippen molar-refractivity contribution in [2.24, 2.45) is 0 Å². The molecule has 1 N–H and O–H groups in total. The van der Waals surface area contributed by atoms with E-state index in [1.165, 1.54) is 0 Å². The molecule has 108 valence electrons. The largest absolute Gasteiger partial charge is 0.367 e. The second kappa shape index (κ2) is 4.86. The molecule has 0 saturated carbocycles. The fourth-order valence-electron chi connectivity index (χ4n) is 3.55. The van der Waals surface area contributed by atoms with Crippen LogP contribution in [0.1, 0.15) is 42.6 Å². The molecular weight excluding hydrogens is 252 g/mol. The lowest BCUT2D eigenvalue weighted by Crippen LogP contribution is -2.52. The average Bonchev–Trinajstić information content (AvgIpc) is 2.67. The molecule has 2 heterocycles. The first-order chi connectivity index (χ1) is 9.55. The van der Waals surface area contributed by atoms with Crippen molar-refractivity contribution >= 4 is 5.91 Å². The Bertz CT molecular complexity index is 519. The van der Waals surface area contributed by atoms with Gasteiger partial charge in [-0.05, 0) is 32.4 Å². The van der Waals surface area contributed by atoms with E-state index in [4.69, 9.17) is 0 Å². The van der Waals surface area contributed by atoms with Gasteiger partial charge in [0.1, 0.15) is 0 Å².